The molecule has 0 aromatic carbocycles. The number of aliphatic carboxylic acids is 1. The lowest BCUT2D eigenvalue weighted by Gasteiger charge is -2.25. The summed E-state index contributed by atoms with van der Waals surface area (Å²) in [6.07, 6.45) is 2.49. The summed E-state index contributed by atoms with van der Waals surface area (Å²) < 4.78 is 0. The Kier molecular flexibility index (Phi) is 3.09. The molecule has 96 valence electrons. The third-order valence-electron chi connectivity index (χ3n) is 3.61. The van der Waals surface area contributed by atoms with Crippen LogP contribution in [0.2, 0.25) is 0 Å². The third-order valence-corrected chi connectivity index (χ3v) is 3.61. The highest BCUT2D eigenvalue weighted by Gasteiger charge is 2.44. The fourth-order valence-electron chi connectivity index (χ4n) is 2.08. The molecule has 0 radical (unpaired) electrons. The number of hydrogen-bond donors (Lipinski definition) is 3. The second-order valence-electron chi connectivity index (χ2n) is 5.14. The highest BCUT2D eigenvalue weighted by atomic mass is 16.4. The van der Waals surface area contributed by atoms with E-state index in [4.69, 9.17) is 10.8 Å². The van der Waals surface area contributed by atoms with Gasteiger partial charge < -0.3 is 16.2 Å². The van der Waals surface area contributed by atoms with Gasteiger partial charge in [0.2, 0.25) is 5.91 Å². The van der Waals surface area contributed by atoms with Crippen LogP contribution in [0.4, 0.5) is 0 Å². The third kappa shape index (κ3) is 2.58. The van der Waals surface area contributed by atoms with Crippen molar-refractivity contribution < 1.29 is 14.7 Å². The van der Waals surface area contributed by atoms with Crippen molar-refractivity contribution in [3.8, 4) is 0 Å². The average molecular weight is 241 g/mol. The van der Waals surface area contributed by atoms with Crippen molar-refractivity contribution in [1.29, 1.82) is 0 Å². The lowest BCUT2D eigenvalue weighted by Crippen LogP contribution is -2.52. The second kappa shape index (κ2) is 4.27. The SMILES string of the molecule is CC(C(=O)NC1CC1)N1CCC(N)(C(=O)O)C1. The number of amides is 1. The van der Waals surface area contributed by atoms with Gasteiger partial charge in [-0.1, -0.05) is 0 Å². The maximum absolute atomic E-state index is 11.8. The zero-order valence-corrected chi connectivity index (χ0v) is 9.98. The predicted octanol–water partition coefficient (Wildman–Crippen LogP) is -0.859. The molecule has 4 N–H and O–H groups in total. The summed E-state index contributed by atoms with van der Waals surface area (Å²) in [6, 6.07) is 0.0232. The fourth-order valence-corrected chi connectivity index (χ4v) is 2.08. The van der Waals surface area contributed by atoms with Crippen LogP contribution in [0.5, 0.6) is 0 Å². The maximum atomic E-state index is 11.8. The molecule has 1 aliphatic heterocycles. The Balaban J connectivity index is 1.90. The molecular formula is C11H19N3O3. The molecule has 2 atom stereocenters. The summed E-state index contributed by atoms with van der Waals surface area (Å²) >= 11 is 0. The zero-order chi connectivity index (χ0) is 12.6. The molecule has 2 fully saturated rings. The fraction of sp³-hybridized carbons (Fsp3) is 0.818. The van der Waals surface area contributed by atoms with Gasteiger partial charge in [0.1, 0.15) is 5.54 Å². The maximum Gasteiger partial charge on any atom is 0.325 e. The molecule has 1 amide bonds. The minimum Gasteiger partial charge on any atom is -0.480 e. The number of carboxylic acid groups (broad SMARTS) is 1. The number of nitrogens with zero attached hydrogens (tertiary/aromatic N) is 1. The molecule has 1 heterocycles. The van der Waals surface area contributed by atoms with Crippen LogP contribution in [0.3, 0.4) is 0 Å². The van der Waals surface area contributed by atoms with E-state index in [1.165, 1.54) is 0 Å². The van der Waals surface area contributed by atoms with Crippen molar-refractivity contribution >= 4 is 11.9 Å². The average Bonchev–Trinajstić information content (AvgIpc) is 2.98. The van der Waals surface area contributed by atoms with Gasteiger partial charge >= 0.3 is 5.97 Å². The van der Waals surface area contributed by atoms with Gasteiger partial charge in [-0.25, -0.2) is 0 Å². The zero-order valence-electron chi connectivity index (χ0n) is 9.98. The highest BCUT2D eigenvalue weighted by molar-refractivity contribution is 5.83. The summed E-state index contributed by atoms with van der Waals surface area (Å²) in [5, 5.41) is 11.9. The Morgan fingerprint density at radius 3 is 2.65 bits per heavy atom. The smallest absolute Gasteiger partial charge is 0.325 e. The number of carbonyl (C=O) groups is 2. The quantitative estimate of drug-likeness (QED) is 0.595. The van der Waals surface area contributed by atoms with Crippen molar-refractivity contribution in [2.75, 3.05) is 13.1 Å². The molecule has 0 aromatic heterocycles. The summed E-state index contributed by atoms with van der Waals surface area (Å²) in [7, 11) is 0. The van der Waals surface area contributed by atoms with E-state index in [1.807, 2.05) is 4.90 Å². The van der Waals surface area contributed by atoms with Gasteiger partial charge in [0.25, 0.3) is 0 Å². The topological polar surface area (TPSA) is 95.7 Å². The number of nitrogens with two attached hydrogens (primary N) is 1. The molecule has 17 heavy (non-hydrogen) atoms. The van der Waals surface area contributed by atoms with Crippen LogP contribution in [0.25, 0.3) is 0 Å². The summed E-state index contributed by atoms with van der Waals surface area (Å²) in [5.41, 5.74) is 4.57. The standard InChI is InChI=1S/C11H19N3O3/c1-7(9(15)13-8-2-3-8)14-5-4-11(12,6-14)10(16)17/h7-8H,2-6,12H2,1H3,(H,13,15)(H,16,17). The van der Waals surface area contributed by atoms with Crippen molar-refractivity contribution in [2.24, 2.45) is 5.73 Å². The molecule has 0 bridgehead atoms. The molecule has 2 rings (SSSR count). The second-order valence-corrected chi connectivity index (χ2v) is 5.14. The van der Waals surface area contributed by atoms with Crippen LogP contribution in [-0.2, 0) is 9.59 Å². The predicted molar refractivity (Wildman–Crippen MR) is 61.4 cm³/mol. The number of rotatable bonds is 4. The molecule has 6 heteroatoms. The molecule has 0 aromatic rings. The Hall–Kier alpha value is -1.14. The van der Waals surface area contributed by atoms with Crippen LogP contribution in [0.1, 0.15) is 26.2 Å². The Morgan fingerprint density at radius 1 is 1.53 bits per heavy atom. The number of likely N-dealkylation sites (tertiary alicyclic amines) is 1. The normalized spacial score (nSPS) is 31.2. The first-order valence-electron chi connectivity index (χ1n) is 5.99. The van der Waals surface area contributed by atoms with Gasteiger partial charge in [-0.15, -0.1) is 0 Å². The Labute approximate surface area is 100 Å². The first-order valence-corrected chi connectivity index (χ1v) is 5.99. The monoisotopic (exact) mass is 241 g/mol. The van der Waals surface area contributed by atoms with Gasteiger partial charge in [0.05, 0.1) is 6.04 Å². The van der Waals surface area contributed by atoms with E-state index in [0.717, 1.165) is 12.8 Å². The van der Waals surface area contributed by atoms with Gasteiger partial charge in [0.15, 0.2) is 0 Å². The largest absolute Gasteiger partial charge is 0.480 e. The van der Waals surface area contributed by atoms with Gasteiger partial charge in [0, 0.05) is 19.1 Å². The van der Waals surface area contributed by atoms with Crippen LogP contribution in [0.15, 0.2) is 0 Å². The number of hydrogen-bond acceptors (Lipinski definition) is 4. The van der Waals surface area contributed by atoms with Crippen molar-refractivity contribution in [3.05, 3.63) is 0 Å². The van der Waals surface area contributed by atoms with Crippen molar-refractivity contribution in [1.82, 2.24) is 10.2 Å². The van der Waals surface area contributed by atoms with E-state index in [-0.39, 0.29) is 18.5 Å². The molecule has 6 nitrogen and oxygen atoms in total. The number of carbonyl (C=O) groups excluding carboxylic acids is 1. The van der Waals surface area contributed by atoms with Crippen molar-refractivity contribution in [3.63, 3.8) is 0 Å². The Bertz CT molecular complexity index is 343. The molecule has 0 spiro atoms. The summed E-state index contributed by atoms with van der Waals surface area (Å²) in [5.74, 6) is -1.02. The van der Waals surface area contributed by atoms with Crippen LogP contribution < -0.4 is 11.1 Å². The van der Waals surface area contributed by atoms with Crippen LogP contribution in [-0.4, -0.2) is 52.6 Å². The van der Waals surface area contributed by atoms with Crippen LogP contribution in [0, 0.1) is 0 Å². The molecule has 2 aliphatic rings. The van der Waals surface area contributed by atoms with Gasteiger partial charge in [-0.2, -0.15) is 0 Å². The lowest BCUT2D eigenvalue weighted by molar-refractivity contribution is -0.143. The number of nitrogens with one attached hydrogen (secondary N) is 1. The van der Waals surface area contributed by atoms with E-state index >= 15 is 0 Å². The van der Waals surface area contributed by atoms with Crippen LogP contribution >= 0.6 is 0 Å². The van der Waals surface area contributed by atoms with E-state index in [9.17, 15) is 9.59 Å². The minimum absolute atomic E-state index is 0.0258. The van der Waals surface area contributed by atoms with E-state index < -0.39 is 11.5 Å². The van der Waals surface area contributed by atoms with Gasteiger partial charge in [-0.3, -0.25) is 14.5 Å². The molecule has 2 unspecified atom stereocenters. The summed E-state index contributed by atoms with van der Waals surface area (Å²) in [6.45, 7) is 2.59. The first-order chi connectivity index (χ1) is 7.92. The lowest BCUT2D eigenvalue weighted by atomic mass is 10.0. The Morgan fingerprint density at radius 2 is 2.18 bits per heavy atom. The van der Waals surface area contributed by atoms with E-state index in [2.05, 4.69) is 5.32 Å². The first kappa shape index (κ1) is 12.3. The molecular weight excluding hydrogens is 222 g/mol. The van der Waals surface area contributed by atoms with E-state index in [0.29, 0.717) is 19.0 Å². The highest BCUT2D eigenvalue weighted by Crippen LogP contribution is 2.23. The number of carboxylic acids is 1. The molecule has 1 saturated heterocycles. The molecule has 1 saturated carbocycles. The van der Waals surface area contributed by atoms with Gasteiger partial charge in [-0.05, 0) is 26.2 Å². The van der Waals surface area contributed by atoms with E-state index in [1.54, 1.807) is 6.92 Å². The summed E-state index contributed by atoms with van der Waals surface area (Å²) in [4.78, 5) is 24.7. The van der Waals surface area contributed by atoms with Crippen molar-refractivity contribution in [2.45, 2.75) is 43.8 Å². The minimum atomic E-state index is -1.20. The molecule has 1 aliphatic carbocycles.